The van der Waals surface area contributed by atoms with E-state index < -0.39 is 35.4 Å². The van der Waals surface area contributed by atoms with Crippen molar-refractivity contribution in [1.82, 2.24) is 25.8 Å². The van der Waals surface area contributed by atoms with E-state index in [0.29, 0.717) is 35.1 Å². The summed E-state index contributed by atoms with van der Waals surface area (Å²) in [5.74, 6) is -0.830. The Labute approximate surface area is 399 Å². The van der Waals surface area contributed by atoms with Crippen LogP contribution in [0.25, 0.3) is 11.3 Å². The van der Waals surface area contributed by atoms with E-state index in [1.165, 1.54) is 4.90 Å². The first-order valence-corrected chi connectivity index (χ1v) is 23.3. The number of carbonyl (C=O) groups is 4. The number of nitrogens with one attached hydrogen (secondary N) is 4. The molecule has 3 aromatic carbocycles. The van der Waals surface area contributed by atoms with Crippen LogP contribution in [0.1, 0.15) is 95.6 Å². The Morgan fingerprint density at radius 2 is 1.67 bits per heavy atom. The number of aliphatic hydroxyl groups is 1. The second kappa shape index (κ2) is 21.7. The molecule has 67 heavy (non-hydrogen) atoms. The number of benzene rings is 3. The minimum absolute atomic E-state index is 0.0120. The van der Waals surface area contributed by atoms with E-state index in [9.17, 15) is 29.5 Å². The van der Waals surface area contributed by atoms with Gasteiger partial charge in [-0.1, -0.05) is 90.4 Å². The summed E-state index contributed by atoms with van der Waals surface area (Å²) in [5, 5.41) is 32.5. The highest BCUT2D eigenvalue weighted by molar-refractivity contribution is 6.31. The lowest BCUT2D eigenvalue weighted by Crippen LogP contribution is -2.74. The minimum atomic E-state index is -0.949. The fourth-order valence-corrected chi connectivity index (χ4v) is 9.62. The van der Waals surface area contributed by atoms with Gasteiger partial charge < -0.3 is 40.7 Å². The SMILES string of the molecule is CC(C)(C)[C@H](NC(=O)COCCCCCNc1ccc(C(=O)N[C@H]2C(C)(C)[C@H](Oc3ccc(C#N)c(Cl)c3)C2(C)C)cc1)C(=O)N1C[C@H](O)C[C@H]1C(=O)NCc1ccc(-c2ccccn2)cc1. The quantitative estimate of drug-likeness (QED) is 0.0596. The average molecular weight is 935 g/mol. The van der Waals surface area contributed by atoms with Crippen molar-refractivity contribution in [3.05, 3.63) is 113 Å². The van der Waals surface area contributed by atoms with Crippen LogP contribution in [0, 0.1) is 27.6 Å². The van der Waals surface area contributed by atoms with Crippen LogP contribution < -0.4 is 26.0 Å². The second-order valence-corrected chi connectivity index (χ2v) is 20.2. The Balaban J connectivity index is 0.877. The predicted molar refractivity (Wildman–Crippen MR) is 258 cm³/mol. The van der Waals surface area contributed by atoms with E-state index >= 15 is 0 Å². The lowest BCUT2D eigenvalue weighted by atomic mass is 9.49. The Bertz CT molecular complexity index is 2380. The first-order valence-electron chi connectivity index (χ1n) is 22.9. The smallest absolute Gasteiger partial charge is 0.251 e. The van der Waals surface area contributed by atoms with Gasteiger partial charge in [-0.25, -0.2) is 0 Å². The molecule has 6 rings (SSSR count). The zero-order chi connectivity index (χ0) is 48.5. The van der Waals surface area contributed by atoms with Gasteiger partial charge in [0.05, 0.1) is 22.4 Å². The third kappa shape index (κ3) is 12.5. The highest BCUT2D eigenvalue weighted by Crippen LogP contribution is 2.55. The van der Waals surface area contributed by atoms with Crippen LogP contribution in [0.4, 0.5) is 5.69 Å². The zero-order valence-corrected chi connectivity index (χ0v) is 40.3. The number of nitriles is 1. The van der Waals surface area contributed by atoms with Gasteiger partial charge in [0.15, 0.2) is 0 Å². The van der Waals surface area contributed by atoms with Crippen molar-refractivity contribution in [2.24, 2.45) is 16.2 Å². The van der Waals surface area contributed by atoms with Crippen molar-refractivity contribution in [2.75, 3.05) is 31.6 Å². The fourth-order valence-electron chi connectivity index (χ4n) is 9.41. The van der Waals surface area contributed by atoms with Crippen molar-refractivity contribution in [3.8, 4) is 23.1 Å². The molecule has 5 N–H and O–H groups in total. The second-order valence-electron chi connectivity index (χ2n) is 19.8. The van der Waals surface area contributed by atoms with Gasteiger partial charge in [0.25, 0.3) is 5.91 Å². The third-order valence-corrected chi connectivity index (χ3v) is 13.1. The molecule has 356 valence electrons. The molecule has 1 saturated carbocycles. The number of hydrogen-bond donors (Lipinski definition) is 5. The molecule has 1 aliphatic carbocycles. The van der Waals surface area contributed by atoms with Crippen LogP contribution in [-0.4, -0.2) is 95.3 Å². The first-order chi connectivity index (χ1) is 31.8. The number of β-amino-alcohol motifs (C(OH)–C–C–N with tert-alkyl or cyclic N) is 1. The summed E-state index contributed by atoms with van der Waals surface area (Å²) in [6.07, 6.45) is 3.20. The Morgan fingerprint density at radius 3 is 2.31 bits per heavy atom. The van der Waals surface area contributed by atoms with Crippen LogP contribution in [0.3, 0.4) is 0 Å². The molecule has 15 heteroatoms. The molecule has 0 spiro atoms. The van der Waals surface area contributed by atoms with E-state index in [-0.39, 0.29) is 60.9 Å². The number of amides is 4. The molecule has 14 nitrogen and oxygen atoms in total. The monoisotopic (exact) mass is 933 g/mol. The number of halogens is 1. The Hall–Kier alpha value is -6.01. The van der Waals surface area contributed by atoms with Crippen molar-refractivity contribution >= 4 is 40.9 Å². The minimum Gasteiger partial charge on any atom is -0.489 e. The summed E-state index contributed by atoms with van der Waals surface area (Å²) in [6.45, 7) is 14.9. The predicted octanol–water partition coefficient (Wildman–Crippen LogP) is 7.29. The van der Waals surface area contributed by atoms with Crippen molar-refractivity contribution in [2.45, 2.75) is 111 Å². The van der Waals surface area contributed by atoms with E-state index in [4.69, 9.17) is 21.1 Å². The third-order valence-electron chi connectivity index (χ3n) is 12.8. The Morgan fingerprint density at radius 1 is 0.955 bits per heavy atom. The van der Waals surface area contributed by atoms with E-state index in [1.54, 1.807) is 36.5 Å². The molecule has 0 unspecified atom stereocenters. The maximum Gasteiger partial charge on any atom is 0.251 e. The van der Waals surface area contributed by atoms with Crippen LogP contribution in [0.5, 0.6) is 5.75 Å². The molecule has 1 saturated heterocycles. The lowest BCUT2D eigenvalue weighted by molar-refractivity contribution is -0.164. The summed E-state index contributed by atoms with van der Waals surface area (Å²) in [5.41, 5.74) is 3.07. The zero-order valence-electron chi connectivity index (χ0n) is 39.5. The van der Waals surface area contributed by atoms with E-state index in [1.807, 2.05) is 75.4 Å². The lowest BCUT2D eigenvalue weighted by Gasteiger charge is -2.63. The van der Waals surface area contributed by atoms with Crippen molar-refractivity contribution < 1.29 is 33.8 Å². The summed E-state index contributed by atoms with van der Waals surface area (Å²) >= 11 is 6.24. The molecule has 0 radical (unpaired) electrons. The molecule has 1 aromatic heterocycles. The van der Waals surface area contributed by atoms with Gasteiger partial charge in [-0.15, -0.1) is 0 Å². The van der Waals surface area contributed by atoms with Gasteiger partial charge in [-0.05, 0) is 78.8 Å². The summed E-state index contributed by atoms with van der Waals surface area (Å²) in [7, 11) is 0. The van der Waals surface area contributed by atoms with Gasteiger partial charge in [0.1, 0.15) is 36.6 Å². The molecule has 1 aliphatic heterocycles. The summed E-state index contributed by atoms with van der Waals surface area (Å²) < 4.78 is 12.0. The number of unbranched alkanes of at least 4 members (excludes halogenated alkanes) is 2. The maximum absolute atomic E-state index is 14.0. The number of pyridine rings is 1. The number of aliphatic hydroxyl groups excluding tert-OH is 1. The molecule has 2 aliphatic rings. The van der Waals surface area contributed by atoms with Gasteiger partial charge in [-0.3, -0.25) is 24.2 Å². The number of hydrogen-bond acceptors (Lipinski definition) is 10. The van der Waals surface area contributed by atoms with Gasteiger partial charge in [0, 0.05) is 78.6 Å². The Kier molecular flexibility index (Phi) is 16.4. The number of nitrogens with zero attached hydrogens (tertiary/aromatic N) is 3. The van der Waals surface area contributed by atoms with Gasteiger partial charge in [0.2, 0.25) is 17.7 Å². The van der Waals surface area contributed by atoms with Crippen LogP contribution >= 0.6 is 11.6 Å². The number of carbonyl (C=O) groups excluding carboxylic acids is 4. The standard InChI is InChI=1S/C52H64ClN7O7/c1-50(2,3)44(47(65)60-31-38(61)27-42(60)46(64)57-30-33-14-16-34(17-15-33)41-13-9-11-25-56-41)58-43(62)32-66-26-12-8-10-24-55-37-21-18-35(19-22-37)45(63)59-48-51(4,5)49(52(48,6)7)67-39-23-20-36(29-54)40(53)28-39/h9,11,13-23,25,28,38,42,44,48-49,55,61H,8,10,12,24,26-27,30-32H2,1-7H3,(H,57,64)(H,58,62)(H,59,63)/t38-,42+,44-,48-,49-/m1/s1. The van der Waals surface area contributed by atoms with Crippen LogP contribution in [-0.2, 0) is 25.7 Å². The molecular formula is C52H64ClN7O7. The average Bonchev–Trinajstić information content (AvgIpc) is 3.70. The van der Waals surface area contributed by atoms with Crippen molar-refractivity contribution in [1.29, 1.82) is 5.26 Å². The number of anilines is 1. The van der Waals surface area contributed by atoms with Gasteiger partial charge in [-0.2, -0.15) is 5.26 Å². The highest BCUT2D eigenvalue weighted by Gasteiger charge is 2.64. The van der Waals surface area contributed by atoms with Crippen LogP contribution in [0.15, 0.2) is 91.1 Å². The number of aromatic nitrogens is 1. The molecular weight excluding hydrogens is 870 g/mol. The van der Waals surface area contributed by atoms with E-state index in [2.05, 4.69) is 60.0 Å². The molecule has 4 aromatic rings. The molecule has 0 bridgehead atoms. The molecule has 4 amide bonds. The maximum atomic E-state index is 14.0. The molecule has 2 heterocycles. The molecule has 3 atom stereocenters. The highest BCUT2D eigenvalue weighted by atomic mass is 35.5. The van der Waals surface area contributed by atoms with Crippen LogP contribution in [0.2, 0.25) is 5.02 Å². The number of rotatable bonds is 19. The van der Waals surface area contributed by atoms with E-state index in [0.717, 1.165) is 41.8 Å². The normalized spacial score (nSPS) is 19.9. The number of likely N-dealkylation sites (tertiary alicyclic amines) is 1. The van der Waals surface area contributed by atoms with Crippen molar-refractivity contribution in [3.63, 3.8) is 0 Å². The molecule has 2 fully saturated rings. The number of ether oxygens (including phenoxy) is 2. The first kappa shape index (κ1) is 50.4. The largest absolute Gasteiger partial charge is 0.489 e. The fraction of sp³-hybridized carbons (Fsp3) is 0.462. The topological polar surface area (TPSA) is 195 Å². The summed E-state index contributed by atoms with van der Waals surface area (Å²) in [6, 6.07) is 25.9. The van der Waals surface area contributed by atoms with Gasteiger partial charge >= 0.3 is 0 Å². The summed E-state index contributed by atoms with van der Waals surface area (Å²) in [4.78, 5) is 59.6.